The van der Waals surface area contributed by atoms with Crippen molar-refractivity contribution in [2.24, 2.45) is 5.41 Å². The van der Waals surface area contributed by atoms with Crippen molar-refractivity contribution in [1.29, 1.82) is 0 Å². The number of carbonyl (C=O) groups excluding carboxylic acids is 3. The van der Waals surface area contributed by atoms with Crippen molar-refractivity contribution in [1.82, 2.24) is 0 Å². The Kier molecular flexibility index (Phi) is 5.64. The van der Waals surface area contributed by atoms with E-state index in [9.17, 15) is 14.4 Å². The molecule has 1 saturated heterocycles. The van der Waals surface area contributed by atoms with Crippen molar-refractivity contribution in [2.45, 2.75) is 31.8 Å². The second-order valence-corrected chi connectivity index (χ2v) is 10.3. The van der Waals surface area contributed by atoms with Crippen molar-refractivity contribution in [3.8, 4) is 17.2 Å². The number of Topliss-reactive ketones (excluding diaryl/α,β-unsaturated/α-hetero) is 3. The van der Waals surface area contributed by atoms with Crippen molar-refractivity contribution in [3.05, 3.63) is 88.5 Å². The summed E-state index contributed by atoms with van der Waals surface area (Å²) in [6.45, 7) is 3.51. The van der Waals surface area contributed by atoms with Gasteiger partial charge >= 0.3 is 0 Å². The maximum Gasteiger partial charge on any atom is 0.203 e. The van der Waals surface area contributed by atoms with Crippen molar-refractivity contribution in [3.63, 3.8) is 0 Å². The predicted octanol–water partition coefficient (Wildman–Crippen LogP) is 5.04. The number of nitrogens with zero attached hydrogens (tertiary/aromatic N) is 1. The van der Waals surface area contributed by atoms with Gasteiger partial charge in [0.2, 0.25) is 5.75 Å². The highest BCUT2D eigenvalue weighted by Gasteiger charge is 2.71. The van der Waals surface area contributed by atoms with E-state index in [1.165, 1.54) is 28.3 Å². The standard InChI is InChI=1S/C32H29NO6/c1-17-10-11-19-12-13-26-32(30(35)21-8-6-7-9-22(21)31(32)36)27(28(18(2)34)33(26)23(19)14-17)20-15-24(37-3)29(39-5)25(16-20)38-4/h6-16,26-28H,1-5H3/t26-,27-,28-/m0/s1. The molecule has 39 heavy (non-hydrogen) atoms. The molecular weight excluding hydrogens is 494 g/mol. The minimum atomic E-state index is -1.57. The summed E-state index contributed by atoms with van der Waals surface area (Å²) in [5.74, 6) is -0.358. The molecule has 0 N–H and O–H groups in total. The SMILES string of the molecule is COc1cc([C@H]2[C@H](C(C)=O)N3c4cc(C)ccc4C=C[C@H]3C23C(=O)c2ccccc2C3=O)cc(OC)c1OC. The van der Waals surface area contributed by atoms with E-state index in [0.29, 0.717) is 33.9 Å². The maximum absolute atomic E-state index is 14.6. The lowest BCUT2D eigenvalue weighted by atomic mass is 9.64. The third-order valence-corrected chi connectivity index (χ3v) is 8.42. The molecule has 0 radical (unpaired) electrons. The maximum atomic E-state index is 14.6. The fourth-order valence-corrected chi connectivity index (χ4v) is 6.88. The molecule has 1 aliphatic carbocycles. The second kappa shape index (κ2) is 8.83. The van der Waals surface area contributed by atoms with Gasteiger partial charge in [0.1, 0.15) is 5.41 Å². The van der Waals surface area contributed by atoms with Crippen molar-refractivity contribution in [2.75, 3.05) is 26.2 Å². The molecule has 0 saturated carbocycles. The van der Waals surface area contributed by atoms with Crippen LogP contribution in [0.4, 0.5) is 5.69 Å². The number of aryl methyl sites for hydroxylation is 1. The molecule has 0 bridgehead atoms. The highest BCUT2D eigenvalue weighted by Crippen LogP contribution is 2.61. The Labute approximate surface area is 227 Å². The molecule has 6 rings (SSSR count). The van der Waals surface area contributed by atoms with E-state index in [4.69, 9.17) is 14.2 Å². The lowest BCUT2D eigenvalue weighted by Gasteiger charge is -2.37. The van der Waals surface area contributed by atoms with Crippen LogP contribution >= 0.6 is 0 Å². The van der Waals surface area contributed by atoms with Gasteiger partial charge in [0.15, 0.2) is 28.8 Å². The number of hydrogen-bond donors (Lipinski definition) is 0. The van der Waals surface area contributed by atoms with E-state index >= 15 is 0 Å². The Morgan fingerprint density at radius 1 is 0.872 bits per heavy atom. The van der Waals surface area contributed by atoms with Crippen LogP contribution in [0.25, 0.3) is 6.08 Å². The van der Waals surface area contributed by atoms with Crippen LogP contribution in [0.3, 0.4) is 0 Å². The van der Waals surface area contributed by atoms with Gasteiger partial charge < -0.3 is 19.1 Å². The Hall–Kier alpha value is -4.39. The summed E-state index contributed by atoms with van der Waals surface area (Å²) in [4.78, 5) is 44.8. The smallest absolute Gasteiger partial charge is 0.203 e. The first-order valence-corrected chi connectivity index (χ1v) is 12.9. The third kappa shape index (κ3) is 3.19. The molecule has 3 aromatic carbocycles. The number of anilines is 1. The zero-order valence-electron chi connectivity index (χ0n) is 22.5. The number of carbonyl (C=O) groups is 3. The zero-order valence-corrected chi connectivity index (χ0v) is 22.5. The van der Waals surface area contributed by atoms with E-state index < -0.39 is 23.4 Å². The summed E-state index contributed by atoms with van der Waals surface area (Å²) >= 11 is 0. The minimum absolute atomic E-state index is 0.144. The molecule has 3 aliphatic rings. The lowest BCUT2D eigenvalue weighted by molar-refractivity contribution is -0.118. The molecule has 0 aromatic heterocycles. The van der Waals surface area contributed by atoms with Gasteiger partial charge in [-0.3, -0.25) is 14.4 Å². The van der Waals surface area contributed by atoms with Crippen LogP contribution in [0, 0.1) is 12.3 Å². The summed E-state index contributed by atoms with van der Waals surface area (Å²) in [5.41, 5.74) is 2.56. The van der Waals surface area contributed by atoms with Crippen LogP contribution in [-0.2, 0) is 4.79 Å². The normalized spacial score (nSPS) is 22.0. The average molecular weight is 524 g/mol. The molecule has 3 atom stereocenters. The van der Waals surface area contributed by atoms with E-state index in [1.54, 1.807) is 36.4 Å². The monoisotopic (exact) mass is 523 g/mol. The quantitative estimate of drug-likeness (QED) is 0.433. The Morgan fingerprint density at radius 3 is 2.03 bits per heavy atom. The first kappa shape index (κ1) is 24.9. The number of rotatable bonds is 5. The molecule has 0 amide bonds. The lowest BCUT2D eigenvalue weighted by Crippen LogP contribution is -2.48. The van der Waals surface area contributed by atoms with Gasteiger partial charge in [0, 0.05) is 22.7 Å². The predicted molar refractivity (Wildman–Crippen MR) is 147 cm³/mol. The Bertz CT molecular complexity index is 1530. The van der Waals surface area contributed by atoms with Gasteiger partial charge in [-0.1, -0.05) is 48.6 Å². The first-order valence-electron chi connectivity index (χ1n) is 12.9. The highest BCUT2D eigenvalue weighted by atomic mass is 16.5. The summed E-state index contributed by atoms with van der Waals surface area (Å²) in [6.07, 6.45) is 3.86. The topological polar surface area (TPSA) is 82.1 Å². The van der Waals surface area contributed by atoms with Gasteiger partial charge in [-0.15, -0.1) is 0 Å². The van der Waals surface area contributed by atoms with Crippen LogP contribution in [-0.4, -0.2) is 50.8 Å². The van der Waals surface area contributed by atoms with Crippen LogP contribution in [0.5, 0.6) is 17.2 Å². The molecule has 2 heterocycles. The molecule has 7 heteroatoms. The number of methoxy groups -OCH3 is 3. The van der Waals surface area contributed by atoms with Crippen molar-refractivity contribution < 1.29 is 28.6 Å². The van der Waals surface area contributed by atoms with Crippen LogP contribution in [0.2, 0.25) is 0 Å². The molecular formula is C32H29NO6. The minimum Gasteiger partial charge on any atom is -0.493 e. The molecule has 1 fully saturated rings. The molecule has 198 valence electrons. The molecule has 7 nitrogen and oxygen atoms in total. The third-order valence-electron chi connectivity index (χ3n) is 8.42. The van der Waals surface area contributed by atoms with Gasteiger partial charge in [-0.05, 0) is 48.7 Å². The fourth-order valence-electron chi connectivity index (χ4n) is 6.88. The number of ether oxygens (including phenoxy) is 3. The molecule has 1 spiro atoms. The largest absolute Gasteiger partial charge is 0.493 e. The summed E-state index contributed by atoms with van der Waals surface area (Å²) in [6, 6.07) is 15.0. The van der Waals surface area contributed by atoms with Crippen LogP contribution in [0.15, 0.2) is 60.7 Å². The van der Waals surface area contributed by atoms with Crippen LogP contribution in [0.1, 0.15) is 50.2 Å². The Balaban J connectivity index is 1.70. The average Bonchev–Trinajstić information content (AvgIpc) is 3.38. The van der Waals surface area contributed by atoms with E-state index in [0.717, 1.165) is 16.8 Å². The van der Waals surface area contributed by atoms with Gasteiger partial charge in [-0.25, -0.2) is 0 Å². The van der Waals surface area contributed by atoms with Gasteiger partial charge in [0.25, 0.3) is 0 Å². The number of fused-ring (bicyclic) bond motifs is 5. The highest BCUT2D eigenvalue weighted by molar-refractivity contribution is 6.32. The van der Waals surface area contributed by atoms with E-state index in [2.05, 4.69) is 0 Å². The zero-order chi connectivity index (χ0) is 27.6. The number of benzene rings is 3. The van der Waals surface area contributed by atoms with E-state index in [-0.39, 0.29) is 17.3 Å². The van der Waals surface area contributed by atoms with Gasteiger partial charge in [0.05, 0.1) is 33.4 Å². The van der Waals surface area contributed by atoms with E-state index in [1.807, 2.05) is 42.2 Å². The van der Waals surface area contributed by atoms with Crippen molar-refractivity contribution >= 4 is 29.1 Å². The number of ketones is 3. The summed E-state index contributed by atoms with van der Waals surface area (Å²) in [5, 5.41) is 0. The second-order valence-electron chi connectivity index (χ2n) is 10.3. The fraction of sp³-hybridized carbons (Fsp3) is 0.281. The molecule has 3 aromatic rings. The van der Waals surface area contributed by atoms with Crippen LogP contribution < -0.4 is 19.1 Å². The summed E-state index contributed by atoms with van der Waals surface area (Å²) < 4.78 is 16.8. The molecule has 2 aliphatic heterocycles. The first-order chi connectivity index (χ1) is 18.8. The molecule has 0 unspecified atom stereocenters. The Morgan fingerprint density at radius 2 is 1.49 bits per heavy atom. The summed E-state index contributed by atoms with van der Waals surface area (Å²) in [7, 11) is 4.54. The number of hydrogen-bond acceptors (Lipinski definition) is 7. The van der Waals surface area contributed by atoms with Gasteiger partial charge in [-0.2, -0.15) is 0 Å².